The van der Waals surface area contributed by atoms with Gasteiger partial charge < -0.3 is 10.6 Å². The van der Waals surface area contributed by atoms with Crippen LogP contribution >= 0.6 is 22.9 Å². The van der Waals surface area contributed by atoms with Gasteiger partial charge >= 0.3 is 6.03 Å². The van der Waals surface area contributed by atoms with Gasteiger partial charge in [0, 0.05) is 5.38 Å². The molecule has 1 aromatic heterocycles. The SMILES string of the molecule is C#CCNC(=O)Nc1csc(Cl)c1. The Kier molecular flexibility index (Phi) is 3.62. The van der Waals surface area contributed by atoms with Crippen molar-refractivity contribution in [1.82, 2.24) is 5.32 Å². The van der Waals surface area contributed by atoms with Crippen molar-refractivity contribution in [2.75, 3.05) is 11.9 Å². The Morgan fingerprint density at radius 1 is 1.77 bits per heavy atom. The molecule has 68 valence electrons. The molecule has 2 N–H and O–H groups in total. The van der Waals surface area contributed by atoms with Crippen LogP contribution in [0.2, 0.25) is 4.34 Å². The molecule has 0 aliphatic rings. The van der Waals surface area contributed by atoms with Gasteiger partial charge in [0.2, 0.25) is 0 Å². The van der Waals surface area contributed by atoms with Crippen molar-refractivity contribution < 1.29 is 4.79 Å². The third-order valence-corrected chi connectivity index (χ3v) is 2.27. The van der Waals surface area contributed by atoms with E-state index in [4.69, 9.17) is 18.0 Å². The predicted molar refractivity (Wildman–Crippen MR) is 55.2 cm³/mol. The van der Waals surface area contributed by atoms with Crippen molar-refractivity contribution in [3.63, 3.8) is 0 Å². The van der Waals surface area contributed by atoms with E-state index in [1.54, 1.807) is 11.4 Å². The normalized spacial score (nSPS) is 8.92. The number of hydrogen-bond acceptors (Lipinski definition) is 2. The Morgan fingerprint density at radius 2 is 2.54 bits per heavy atom. The molecule has 2 amide bonds. The van der Waals surface area contributed by atoms with E-state index in [0.717, 1.165) is 0 Å². The van der Waals surface area contributed by atoms with E-state index in [1.165, 1.54) is 11.3 Å². The zero-order valence-electron chi connectivity index (χ0n) is 6.63. The molecule has 13 heavy (non-hydrogen) atoms. The van der Waals surface area contributed by atoms with Gasteiger partial charge in [-0.25, -0.2) is 4.79 Å². The van der Waals surface area contributed by atoms with Crippen LogP contribution in [-0.4, -0.2) is 12.6 Å². The fourth-order valence-electron chi connectivity index (χ4n) is 0.682. The van der Waals surface area contributed by atoms with E-state index in [0.29, 0.717) is 10.0 Å². The van der Waals surface area contributed by atoms with Crippen molar-refractivity contribution in [2.45, 2.75) is 0 Å². The van der Waals surface area contributed by atoms with Crippen molar-refractivity contribution >= 4 is 34.7 Å². The number of terminal acetylenes is 1. The van der Waals surface area contributed by atoms with Crippen LogP contribution in [0.5, 0.6) is 0 Å². The molecule has 0 aromatic carbocycles. The van der Waals surface area contributed by atoms with Crippen LogP contribution < -0.4 is 10.6 Å². The number of hydrogen-bond donors (Lipinski definition) is 2. The minimum Gasteiger partial charge on any atom is -0.327 e. The highest BCUT2D eigenvalue weighted by molar-refractivity contribution is 7.14. The topological polar surface area (TPSA) is 41.1 Å². The fraction of sp³-hybridized carbons (Fsp3) is 0.125. The second-order valence-electron chi connectivity index (χ2n) is 2.15. The van der Waals surface area contributed by atoms with Crippen LogP contribution in [0, 0.1) is 12.3 Å². The average Bonchev–Trinajstić information content (AvgIpc) is 2.48. The number of amides is 2. The molecule has 0 spiro atoms. The zero-order chi connectivity index (χ0) is 9.68. The summed E-state index contributed by atoms with van der Waals surface area (Å²) in [6.45, 7) is 0.212. The lowest BCUT2D eigenvalue weighted by molar-refractivity contribution is 0.253. The Labute approximate surface area is 85.1 Å². The third-order valence-electron chi connectivity index (χ3n) is 1.18. The van der Waals surface area contributed by atoms with Gasteiger partial charge in [0.1, 0.15) is 0 Å². The van der Waals surface area contributed by atoms with Crippen molar-refractivity contribution in [3.05, 3.63) is 15.8 Å². The number of thiophene rings is 1. The minimum absolute atomic E-state index is 0.212. The lowest BCUT2D eigenvalue weighted by Crippen LogP contribution is -2.28. The summed E-state index contributed by atoms with van der Waals surface area (Å²) in [5.74, 6) is 2.29. The molecule has 5 heteroatoms. The number of nitrogens with one attached hydrogen (secondary N) is 2. The number of carbonyl (C=O) groups excluding carboxylic acids is 1. The Morgan fingerprint density at radius 3 is 3.08 bits per heavy atom. The molecular formula is C8H7ClN2OS. The quantitative estimate of drug-likeness (QED) is 0.728. The van der Waals surface area contributed by atoms with E-state index in [9.17, 15) is 4.79 Å². The van der Waals surface area contributed by atoms with E-state index in [-0.39, 0.29) is 12.6 Å². The molecule has 0 aliphatic heterocycles. The first-order valence-corrected chi connectivity index (χ1v) is 4.70. The number of urea groups is 1. The van der Waals surface area contributed by atoms with Crippen LogP contribution in [0.1, 0.15) is 0 Å². The Bertz CT molecular complexity index is 342. The van der Waals surface area contributed by atoms with Crippen molar-refractivity contribution in [2.24, 2.45) is 0 Å². The first kappa shape index (κ1) is 9.90. The van der Waals surface area contributed by atoms with Gasteiger partial charge in [-0.2, -0.15) is 0 Å². The van der Waals surface area contributed by atoms with Crippen molar-refractivity contribution in [3.8, 4) is 12.3 Å². The number of halogens is 1. The van der Waals surface area contributed by atoms with Gasteiger partial charge in [-0.3, -0.25) is 0 Å². The van der Waals surface area contributed by atoms with E-state index in [2.05, 4.69) is 16.6 Å². The van der Waals surface area contributed by atoms with Crippen LogP contribution in [0.25, 0.3) is 0 Å². The molecule has 0 radical (unpaired) electrons. The highest BCUT2D eigenvalue weighted by atomic mass is 35.5. The largest absolute Gasteiger partial charge is 0.327 e. The minimum atomic E-state index is -0.326. The van der Waals surface area contributed by atoms with Gasteiger partial charge in [-0.15, -0.1) is 17.8 Å². The maximum Gasteiger partial charge on any atom is 0.320 e. The summed E-state index contributed by atoms with van der Waals surface area (Å²) >= 11 is 7.02. The van der Waals surface area contributed by atoms with Gasteiger partial charge in [-0.05, 0) is 6.07 Å². The summed E-state index contributed by atoms with van der Waals surface area (Å²) in [6.07, 6.45) is 4.96. The molecule has 0 atom stereocenters. The maximum atomic E-state index is 11.0. The Balaban J connectivity index is 2.41. The molecule has 0 fully saturated rings. The third kappa shape index (κ3) is 3.36. The average molecular weight is 215 g/mol. The highest BCUT2D eigenvalue weighted by Gasteiger charge is 2.01. The number of carbonyl (C=O) groups is 1. The number of anilines is 1. The van der Waals surface area contributed by atoms with Crippen LogP contribution in [-0.2, 0) is 0 Å². The summed E-state index contributed by atoms with van der Waals surface area (Å²) in [7, 11) is 0. The molecule has 0 saturated carbocycles. The molecule has 1 rings (SSSR count). The number of rotatable bonds is 2. The van der Waals surface area contributed by atoms with Crippen LogP contribution in [0.4, 0.5) is 10.5 Å². The summed E-state index contributed by atoms with van der Waals surface area (Å²) in [5, 5.41) is 6.79. The lowest BCUT2D eigenvalue weighted by atomic mass is 10.5. The zero-order valence-corrected chi connectivity index (χ0v) is 8.21. The van der Waals surface area contributed by atoms with Gasteiger partial charge in [0.25, 0.3) is 0 Å². The molecule has 3 nitrogen and oxygen atoms in total. The maximum absolute atomic E-state index is 11.0. The molecule has 1 heterocycles. The summed E-state index contributed by atoms with van der Waals surface area (Å²) in [5.41, 5.74) is 0.671. The van der Waals surface area contributed by atoms with E-state index >= 15 is 0 Å². The summed E-state index contributed by atoms with van der Waals surface area (Å²) in [4.78, 5) is 11.0. The second kappa shape index (κ2) is 4.75. The van der Waals surface area contributed by atoms with Crippen LogP contribution in [0.3, 0.4) is 0 Å². The fourth-order valence-corrected chi connectivity index (χ4v) is 1.49. The molecular weight excluding hydrogens is 208 g/mol. The summed E-state index contributed by atoms with van der Waals surface area (Å²) < 4.78 is 0.632. The molecule has 0 bridgehead atoms. The first-order valence-electron chi connectivity index (χ1n) is 3.44. The van der Waals surface area contributed by atoms with Gasteiger partial charge in [-0.1, -0.05) is 17.5 Å². The predicted octanol–water partition coefficient (Wildman–Crippen LogP) is 2.16. The monoisotopic (exact) mass is 214 g/mol. The molecule has 1 aromatic rings. The van der Waals surface area contributed by atoms with Crippen molar-refractivity contribution in [1.29, 1.82) is 0 Å². The molecule has 0 saturated heterocycles. The molecule has 0 aliphatic carbocycles. The van der Waals surface area contributed by atoms with Gasteiger partial charge in [0.05, 0.1) is 16.6 Å². The Hall–Kier alpha value is -1.18. The highest BCUT2D eigenvalue weighted by Crippen LogP contribution is 2.23. The second-order valence-corrected chi connectivity index (χ2v) is 3.69. The van der Waals surface area contributed by atoms with Crippen LogP contribution in [0.15, 0.2) is 11.4 Å². The smallest absolute Gasteiger partial charge is 0.320 e. The summed E-state index contributed by atoms with van der Waals surface area (Å²) in [6, 6.07) is 1.34. The lowest BCUT2D eigenvalue weighted by Gasteiger charge is -2.01. The molecule has 0 unspecified atom stereocenters. The first-order chi connectivity index (χ1) is 6.22. The van der Waals surface area contributed by atoms with Gasteiger partial charge in [0.15, 0.2) is 0 Å². The standard InChI is InChI=1S/C8H7ClN2OS/c1-2-3-10-8(12)11-6-4-7(9)13-5-6/h1,4-5H,3H2,(H2,10,11,12). The van der Waals surface area contributed by atoms with E-state index in [1.807, 2.05) is 0 Å². The van der Waals surface area contributed by atoms with E-state index < -0.39 is 0 Å².